The van der Waals surface area contributed by atoms with Crippen LogP contribution in [0.3, 0.4) is 0 Å². The Labute approximate surface area is 136 Å². The van der Waals surface area contributed by atoms with E-state index in [1.54, 1.807) is 23.6 Å². The number of hydrogen-bond acceptors (Lipinski definition) is 3. The van der Waals surface area contributed by atoms with Crippen LogP contribution in [0.4, 0.5) is 8.78 Å². The number of likely N-dealkylation sites (tertiary alicyclic amines) is 2. The van der Waals surface area contributed by atoms with E-state index in [9.17, 15) is 18.8 Å². The maximum Gasteiger partial charge on any atom is 0.264 e. The summed E-state index contributed by atoms with van der Waals surface area (Å²) < 4.78 is 26.9. The van der Waals surface area contributed by atoms with Gasteiger partial charge in [0.1, 0.15) is 11.6 Å². The molecule has 2 rings (SSSR count). The number of nitriles is 1. The molecule has 1 atom stereocenters. The van der Waals surface area contributed by atoms with Gasteiger partial charge in [0.2, 0.25) is 0 Å². The summed E-state index contributed by atoms with van der Waals surface area (Å²) in [7, 11) is 0. The monoisotopic (exact) mass is 324 g/mol. The Hall–Kier alpha value is -1.48. The van der Waals surface area contributed by atoms with Crippen LogP contribution in [0.5, 0.6) is 0 Å². The molecule has 1 amide bonds. The fraction of sp³-hybridized carbons (Fsp3) is 0.706. The van der Waals surface area contributed by atoms with Gasteiger partial charge in [-0.05, 0) is 46.6 Å². The molecule has 2 heterocycles. The predicted molar refractivity (Wildman–Crippen MR) is 83.6 cm³/mol. The standard InChI is InChI=1S/C17H24F2N3O/c1-15(2)6-5-8-22(15)14(23)13(11-20)10-16(3,4)21-9-7-17(18,19)12-21/h10H,1,5-9,12H2,2-4H3/t15-/m1/s1. The highest BCUT2D eigenvalue weighted by Crippen LogP contribution is 2.34. The number of nitrogens with zero attached hydrogens (tertiary/aromatic N) is 3. The summed E-state index contributed by atoms with van der Waals surface area (Å²) in [6, 6.07) is 1.94. The molecule has 0 aromatic carbocycles. The zero-order chi connectivity index (χ0) is 17.5. The Balaban J connectivity index is 2.21. The van der Waals surface area contributed by atoms with Gasteiger partial charge in [-0.25, -0.2) is 8.78 Å². The summed E-state index contributed by atoms with van der Waals surface area (Å²) >= 11 is 0. The van der Waals surface area contributed by atoms with Crippen molar-refractivity contribution in [2.24, 2.45) is 0 Å². The maximum absolute atomic E-state index is 13.4. The first-order valence-corrected chi connectivity index (χ1v) is 7.92. The van der Waals surface area contributed by atoms with Crippen molar-refractivity contribution in [3.63, 3.8) is 0 Å². The molecule has 1 radical (unpaired) electrons. The molecule has 23 heavy (non-hydrogen) atoms. The molecule has 2 saturated heterocycles. The van der Waals surface area contributed by atoms with E-state index in [-0.39, 0.29) is 31.0 Å². The smallest absolute Gasteiger partial charge is 0.264 e. The lowest BCUT2D eigenvalue weighted by molar-refractivity contribution is -0.129. The van der Waals surface area contributed by atoms with E-state index < -0.39 is 17.0 Å². The second kappa shape index (κ2) is 5.86. The van der Waals surface area contributed by atoms with Gasteiger partial charge in [-0.2, -0.15) is 5.26 Å². The molecular formula is C17H24F2N3O. The Kier molecular flexibility index (Phi) is 4.55. The Morgan fingerprint density at radius 2 is 2.00 bits per heavy atom. The van der Waals surface area contributed by atoms with Gasteiger partial charge in [-0.1, -0.05) is 0 Å². The Morgan fingerprint density at radius 3 is 2.43 bits per heavy atom. The minimum absolute atomic E-state index is 0.00184. The molecule has 4 nitrogen and oxygen atoms in total. The number of carbonyl (C=O) groups excluding carboxylic acids is 1. The molecule has 0 N–H and O–H groups in total. The van der Waals surface area contributed by atoms with E-state index in [0.29, 0.717) is 6.54 Å². The van der Waals surface area contributed by atoms with Gasteiger partial charge in [0.05, 0.1) is 6.54 Å². The highest BCUT2D eigenvalue weighted by Gasteiger charge is 2.44. The quantitative estimate of drug-likeness (QED) is 0.592. The van der Waals surface area contributed by atoms with E-state index in [4.69, 9.17) is 0 Å². The van der Waals surface area contributed by atoms with Crippen molar-refractivity contribution in [2.75, 3.05) is 19.6 Å². The second-order valence-corrected chi connectivity index (χ2v) is 7.41. The second-order valence-electron chi connectivity index (χ2n) is 7.41. The minimum Gasteiger partial charge on any atom is -0.333 e. The van der Waals surface area contributed by atoms with Crippen LogP contribution < -0.4 is 0 Å². The topological polar surface area (TPSA) is 47.3 Å². The lowest BCUT2D eigenvalue weighted by atomic mass is 9.97. The van der Waals surface area contributed by atoms with Crippen molar-refractivity contribution in [1.82, 2.24) is 9.80 Å². The van der Waals surface area contributed by atoms with Gasteiger partial charge in [0.25, 0.3) is 11.8 Å². The molecule has 2 aliphatic rings. The summed E-state index contributed by atoms with van der Waals surface area (Å²) in [6.45, 7) is 9.90. The van der Waals surface area contributed by atoms with E-state index >= 15 is 0 Å². The zero-order valence-corrected chi connectivity index (χ0v) is 14.0. The molecule has 0 aromatic rings. The van der Waals surface area contributed by atoms with Crippen LogP contribution in [0.2, 0.25) is 0 Å². The average Bonchev–Trinajstić information content (AvgIpc) is 2.97. The molecule has 0 aromatic heterocycles. The van der Waals surface area contributed by atoms with Crippen molar-refractivity contribution < 1.29 is 13.6 Å². The van der Waals surface area contributed by atoms with Gasteiger partial charge in [-0.3, -0.25) is 9.69 Å². The molecular weight excluding hydrogens is 300 g/mol. The van der Waals surface area contributed by atoms with Crippen LogP contribution in [-0.2, 0) is 4.79 Å². The van der Waals surface area contributed by atoms with E-state index in [0.717, 1.165) is 12.8 Å². The highest BCUT2D eigenvalue weighted by molar-refractivity contribution is 5.98. The first kappa shape index (κ1) is 17.9. The van der Waals surface area contributed by atoms with Gasteiger partial charge in [0, 0.05) is 30.6 Å². The molecule has 0 spiro atoms. The van der Waals surface area contributed by atoms with E-state index in [1.165, 1.54) is 6.08 Å². The van der Waals surface area contributed by atoms with Gasteiger partial charge in [-0.15, -0.1) is 0 Å². The summed E-state index contributed by atoms with van der Waals surface area (Å²) in [5, 5.41) is 9.38. The van der Waals surface area contributed by atoms with Crippen molar-refractivity contribution >= 4 is 5.91 Å². The zero-order valence-electron chi connectivity index (χ0n) is 14.0. The number of hydrogen-bond donors (Lipinski definition) is 0. The predicted octanol–water partition coefficient (Wildman–Crippen LogP) is 2.77. The Morgan fingerprint density at radius 1 is 1.35 bits per heavy atom. The normalized spacial score (nSPS) is 24.7. The van der Waals surface area contributed by atoms with Crippen LogP contribution in [0.15, 0.2) is 11.6 Å². The van der Waals surface area contributed by atoms with Crippen LogP contribution in [0.25, 0.3) is 0 Å². The average molecular weight is 324 g/mol. The Bertz CT molecular complexity index is 561. The molecule has 2 fully saturated rings. The maximum atomic E-state index is 13.4. The van der Waals surface area contributed by atoms with Crippen LogP contribution in [-0.4, -0.2) is 52.3 Å². The molecule has 0 aliphatic carbocycles. The van der Waals surface area contributed by atoms with Crippen molar-refractivity contribution in [2.45, 2.75) is 57.0 Å². The third-order valence-corrected chi connectivity index (χ3v) is 4.83. The molecule has 2 aliphatic heterocycles. The lowest BCUT2D eigenvalue weighted by Gasteiger charge is -2.34. The molecule has 0 saturated carbocycles. The first-order chi connectivity index (χ1) is 10.5. The number of amides is 1. The SMILES string of the molecule is [CH2][C@@]1(C)CCCN1C(=O)C(C#N)=CC(C)(C)N1CCC(F)(F)C1. The number of rotatable bonds is 3. The first-order valence-electron chi connectivity index (χ1n) is 7.92. The van der Waals surface area contributed by atoms with Crippen molar-refractivity contribution in [1.29, 1.82) is 5.26 Å². The van der Waals surface area contributed by atoms with Crippen LogP contribution >= 0.6 is 0 Å². The van der Waals surface area contributed by atoms with Crippen LogP contribution in [0, 0.1) is 18.3 Å². The summed E-state index contributed by atoms with van der Waals surface area (Å²) in [5.41, 5.74) is -1.29. The number of carbonyl (C=O) groups is 1. The number of halogens is 2. The fourth-order valence-corrected chi connectivity index (χ4v) is 3.33. The highest BCUT2D eigenvalue weighted by atomic mass is 19.3. The third-order valence-electron chi connectivity index (χ3n) is 4.83. The van der Waals surface area contributed by atoms with E-state index in [2.05, 4.69) is 6.92 Å². The third kappa shape index (κ3) is 3.72. The summed E-state index contributed by atoms with van der Waals surface area (Å²) in [4.78, 5) is 15.9. The fourth-order valence-electron chi connectivity index (χ4n) is 3.33. The van der Waals surface area contributed by atoms with E-state index in [1.807, 2.05) is 13.0 Å². The lowest BCUT2D eigenvalue weighted by Crippen LogP contribution is -2.45. The van der Waals surface area contributed by atoms with Gasteiger partial charge < -0.3 is 4.90 Å². The molecule has 127 valence electrons. The van der Waals surface area contributed by atoms with Gasteiger partial charge >= 0.3 is 0 Å². The summed E-state index contributed by atoms with van der Waals surface area (Å²) in [6.07, 6.45) is 2.97. The molecule has 0 bridgehead atoms. The van der Waals surface area contributed by atoms with Gasteiger partial charge in [0.15, 0.2) is 0 Å². The number of alkyl halides is 2. The summed E-state index contributed by atoms with van der Waals surface area (Å²) in [5.74, 6) is -3.07. The molecule has 6 heteroatoms. The van der Waals surface area contributed by atoms with Crippen LogP contribution in [0.1, 0.15) is 40.0 Å². The molecule has 0 unspecified atom stereocenters. The minimum atomic E-state index is -2.71. The van der Waals surface area contributed by atoms with Crippen molar-refractivity contribution in [3.8, 4) is 6.07 Å². The largest absolute Gasteiger partial charge is 0.333 e. The van der Waals surface area contributed by atoms with Crippen molar-refractivity contribution in [3.05, 3.63) is 18.6 Å².